The van der Waals surface area contributed by atoms with Gasteiger partial charge in [0.15, 0.2) is 0 Å². The zero-order valence-corrected chi connectivity index (χ0v) is 10.9. The molecule has 0 N–H and O–H groups in total. The average molecular weight is 290 g/mol. The lowest BCUT2D eigenvalue weighted by Gasteiger charge is -2.13. The Kier molecular flexibility index (Phi) is 5.12. The van der Waals surface area contributed by atoms with Crippen molar-refractivity contribution in [2.24, 2.45) is 0 Å². The lowest BCUT2D eigenvalue weighted by molar-refractivity contribution is -0.138. The molecule has 1 aromatic rings. The molecule has 0 unspecified atom stereocenters. The number of esters is 2. The number of carbonyl (C=O) groups excluding carboxylic acids is 2. The molecular weight excluding hydrogens is 277 g/mol. The van der Waals surface area contributed by atoms with Crippen LogP contribution in [0.2, 0.25) is 0 Å². The number of hydrogen-bond acceptors (Lipinski definition) is 4. The Hall–Kier alpha value is -2.05. The van der Waals surface area contributed by atoms with E-state index in [9.17, 15) is 22.8 Å². The maximum atomic E-state index is 12.9. The molecule has 0 saturated carbocycles. The van der Waals surface area contributed by atoms with Gasteiger partial charge in [0, 0.05) is 0 Å². The van der Waals surface area contributed by atoms with Gasteiger partial charge in [0.2, 0.25) is 0 Å². The number of benzene rings is 1. The van der Waals surface area contributed by atoms with Gasteiger partial charge >= 0.3 is 18.1 Å². The van der Waals surface area contributed by atoms with Gasteiger partial charge < -0.3 is 9.47 Å². The van der Waals surface area contributed by atoms with Crippen molar-refractivity contribution in [2.45, 2.75) is 20.0 Å². The van der Waals surface area contributed by atoms with Crippen molar-refractivity contribution in [1.82, 2.24) is 0 Å². The van der Waals surface area contributed by atoms with Crippen LogP contribution in [0.25, 0.3) is 0 Å². The molecule has 0 aromatic heterocycles. The topological polar surface area (TPSA) is 52.6 Å². The third-order valence-electron chi connectivity index (χ3n) is 2.33. The minimum absolute atomic E-state index is 0.0415. The average Bonchev–Trinajstić information content (AvgIpc) is 2.37. The summed E-state index contributed by atoms with van der Waals surface area (Å²) < 4.78 is 47.9. The fourth-order valence-electron chi connectivity index (χ4n) is 1.51. The van der Waals surface area contributed by atoms with Gasteiger partial charge in [-0.1, -0.05) is 0 Å². The summed E-state index contributed by atoms with van der Waals surface area (Å²) in [7, 11) is 0. The zero-order valence-electron chi connectivity index (χ0n) is 10.9. The predicted octanol–water partition coefficient (Wildman–Crippen LogP) is 3.06. The minimum Gasteiger partial charge on any atom is -0.462 e. The Labute approximate surface area is 113 Å². The van der Waals surface area contributed by atoms with Gasteiger partial charge in [-0.2, -0.15) is 13.2 Å². The van der Waals surface area contributed by atoms with E-state index in [2.05, 4.69) is 9.47 Å². The summed E-state index contributed by atoms with van der Waals surface area (Å²) in [5, 5.41) is 0. The van der Waals surface area contributed by atoms with E-state index in [1.165, 1.54) is 13.8 Å². The minimum atomic E-state index is -4.77. The van der Waals surface area contributed by atoms with E-state index in [0.717, 1.165) is 12.1 Å². The van der Waals surface area contributed by atoms with Crippen molar-refractivity contribution < 1.29 is 32.2 Å². The number of alkyl halides is 3. The van der Waals surface area contributed by atoms with E-state index in [4.69, 9.17) is 0 Å². The molecule has 0 aliphatic heterocycles. The van der Waals surface area contributed by atoms with E-state index >= 15 is 0 Å². The summed E-state index contributed by atoms with van der Waals surface area (Å²) in [4.78, 5) is 22.9. The molecule has 1 aromatic carbocycles. The Balaban J connectivity index is 3.27. The third kappa shape index (κ3) is 3.72. The SMILES string of the molecule is CCOC(=O)c1ccc(C(=O)OCC)c(C(F)(F)F)c1. The van der Waals surface area contributed by atoms with Crippen molar-refractivity contribution in [3.8, 4) is 0 Å². The van der Waals surface area contributed by atoms with Crippen molar-refractivity contribution in [2.75, 3.05) is 13.2 Å². The lowest BCUT2D eigenvalue weighted by atomic mass is 10.0. The van der Waals surface area contributed by atoms with E-state index in [-0.39, 0.29) is 18.8 Å². The highest BCUT2D eigenvalue weighted by Gasteiger charge is 2.36. The van der Waals surface area contributed by atoms with Gasteiger partial charge in [-0.3, -0.25) is 0 Å². The zero-order chi connectivity index (χ0) is 15.3. The number of ether oxygens (including phenoxy) is 2. The highest BCUT2D eigenvalue weighted by Crippen LogP contribution is 2.33. The van der Waals surface area contributed by atoms with E-state index < -0.39 is 29.2 Å². The monoisotopic (exact) mass is 290 g/mol. The third-order valence-corrected chi connectivity index (χ3v) is 2.33. The molecule has 0 saturated heterocycles. The van der Waals surface area contributed by atoms with Gasteiger partial charge in [-0.25, -0.2) is 9.59 Å². The van der Waals surface area contributed by atoms with Crippen LogP contribution in [0.15, 0.2) is 18.2 Å². The molecule has 7 heteroatoms. The molecule has 1 rings (SSSR count). The first kappa shape index (κ1) is 16.0. The summed E-state index contributed by atoms with van der Waals surface area (Å²) >= 11 is 0. The van der Waals surface area contributed by atoms with E-state index in [1.807, 2.05) is 0 Å². The fraction of sp³-hybridized carbons (Fsp3) is 0.385. The Morgan fingerprint density at radius 3 is 2.10 bits per heavy atom. The van der Waals surface area contributed by atoms with Gasteiger partial charge in [-0.05, 0) is 32.0 Å². The number of rotatable bonds is 4. The molecule has 0 radical (unpaired) electrons. The van der Waals surface area contributed by atoms with Crippen LogP contribution < -0.4 is 0 Å². The Bertz CT molecular complexity index is 509. The Morgan fingerprint density at radius 1 is 1.05 bits per heavy atom. The largest absolute Gasteiger partial charge is 0.462 e. The molecule has 4 nitrogen and oxygen atoms in total. The van der Waals surface area contributed by atoms with Crippen molar-refractivity contribution in [3.05, 3.63) is 34.9 Å². The van der Waals surface area contributed by atoms with Crippen LogP contribution >= 0.6 is 0 Å². The highest BCUT2D eigenvalue weighted by molar-refractivity contribution is 5.95. The van der Waals surface area contributed by atoms with Crippen LogP contribution in [-0.4, -0.2) is 25.2 Å². The molecule has 0 atom stereocenters. The maximum absolute atomic E-state index is 12.9. The maximum Gasteiger partial charge on any atom is 0.417 e. The standard InChI is InChI=1S/C13H13F3O4/c1-3-19-11(17)8-5-6-9(12(18)20-4-2)10(7-8)13(14,15)16/h5-7H,3-4H2,1-2H3. The van der Waals surface area contributed by atoms with Gasteiger partial charge in [0.1, 0.15) is 0 Å². The van der Waals surface area contributed by atoms with Crippen LogP contribution in [0, 0.1) is 0 Å². The second kappa shape index (κ2) is 6.40. The van der Waals surface area contributed by atoms with E-state index in [0.29, 0.717) is 6.07 Å². The number of hydrogen-bond donors (Lipinski definition) is 0. The molecule has 0 amide bonds. The number of halogens is 3. The van der Waals surface area contributed by atoms with Crippen molar-refractivity contribution in [1.29, 1.82) is 0 Å². The first-order valence-corrected chi connectivity index (χ1v) is 5.86. The molecule has 0 spiro atoms. The second-order valence-electron chi connectivity index (χ2n) is 3.70. The molecule has 20 heavy (non-hydrogen) atoms. The highest BCUT2D eigenvalue weighted by atomic mass is 19.4. The first-order chi connectivity index (χ1) is 9.31. The molecule has 0 heterocycles. The second-order valence-corrected chi connectivity index (χ2v) is 3.70. The van der Waals surface area contributed by atoms with E-state index in [1.54, 1.807) is 0 Å². The molecule has 0 aliphatic rings. The molecule has 110 valence electrons. The fourth-order valence-corrected chi connectivity index (χ4v) is 1.51. The molecule has 0 fully saturated rings. The Morgan fingerprint density at radius 2 is 1.60 bits per heavy atom. The molecule has 0 aliphatic carbocycles. The summed E-state index contributed by atoms with van der Waals surface area (Å²) in [6.07, 6.45) is -4.77. The number of carbonyl (C=O) groups is 2. The van der Waals surface area contributed by atoms with Crippen molar-refractivity contribution >= 4 is 11.9 Å². The van der Waals surface area contributed by atoms with Gasteiger partial charge in [0.05, 0.1) is 29.9 Å². The van der Waals surface area contributed by atoms with Crippen LogP contribution in [0.1, 0.15) is 40.1 Å². The van der Waals surface area contributed by atoms with Crippen LogP contribution in [0.4, 0.5) is 13.2 Å². The molecule has 0 bridgehead atoms. The van der Waals surface area contributed by atoms with Gasteiger partial charge in [0.25, 0.3) is 0 Å². The lowest BCUT2D eigenvalue weighted by Crippen LogP contribution is -2.17. The van der Waals surface area contributed by atoms with Crippen LogP contribution in [0.5, 0.6) is 0 Å². The normalized spacial score (nSPS) is 11.1. The van der Waals surface area contributed by atoms with Crippen LogP contribution in [-0.2, 0) is 15.7 Å². The smallest absolute Gasteiger partial charge is 0.417 e. The first-order valence-electron chi connectivity index (χ1n) is 5.86. The summed E-state index contributed by atoms with van der Waals surface area (Å²) in [5.74, 6) is -1.97. The van der Waals surface area contributed by atoms with Crippen molar-refractivity contribution in [3.63, 3.8) is 0 Å². The van der Waals surface area contributed by atoms with Gasteiger partial charge in [-0.15, -0.1) is 0 Å². The molecular formula is C13H13F3O4. The summed E-state index contributed by atoms with van der Waals surface area (Å²) in [6.45, 7) is 3.02. The summed E-state index contributed by atoms with van der Waals surface area (Å²) in [6, 6.07) is 2.59. The predicted molar refractivity (Wildman–Crippen MR) is 63.4 cm³/mol. The quantitative estimate of drug-likeness (QED) is 0.800. The summed E-state index contributed by atoms with van der Waals surface area (Å²) in [5.41, 5.74) is -2.12. The van der Waals surface area contributed by atoms with Crippen LogP contribution in [0.3, 0.4) is 0 Å².